The van der Waals surface area contributed by atoms with E-state index in [0.29, 0.717) is 16.1 Å². The number of rotatable bonds is 6. The molecular formula is C26H28N2O3S. The standard InChI is InChI=1S/C26H28N2O3S/c1-16-15-20(28-25(29)23-21-5-3-4-6-22(21)32-24(23)27)14-13-18(16)10-7-17-8-11-19(12-9-17)26(30)31-2/h8-9,11-15H,3-7,10,27H2,1-2H3,(H,28,29). The third-order valence-electron chi connectivity index (χ3n) is 6.08. The molecule has 1 aromatic heterocycles. The molecular weight excluding hydrogens is 420 g/mol. The van der Waals surface area contributed by atoms with Crippen LogP contribution >= 0.6 is 11.3 Å². The number of fused-ring (bicyclic) bond motifs is 1. The van der Waals surface area contributed by atoms with Gasteiger partial charge in [0, 0.05) is 10.6 Å². The molecule has 5 nitrogen and oxygen atoms in total. The maximum Gasteiger partial charge on any atom is 0.337 e. The summed E-state index contributed by atoms with van der Waals surface area (Å²) in [5, 5.41) is 3.67. The molecule has 166 valence electrons. The van der Waals surface area contributed by atoms with E-state index in [1.807, 2.05) is 24.3 Å². The van der Waals surface area contributed by atoms with Crippen LogP contribution in [0.15, 0.2) is 42.5 Å². The molecule has 0 fully saturated rings. The molecule has 4 rings (SSSR count). The summed E-state index contributed by atoms with van der Waals surface area (Å²) in [6.45, 7) is 2.06. The Morgan fingerprint density at radius 3 is 2.53 bits per heavy atom. The Morgan fingerprint density at radius 2 is 1.81 bits per heavy atom. The largest absolute Gasteiger partial charge is 0.465 e. The Balaban J connectivity index is 1.41. The van der Waals surface area contributed by atoms with Gasteiger partial charge in [0.25, 0.3) is 5.91 Å². The summed E-state index contributed by atoms with van der Waals surface area (Å²) in [4.78, 5) is 25.8. The van der Waals surface area contributed by atoms with Crippen LogP contribution in [0.1, 0.15) is 60.7 Å². The van der Waals surface area contributed by atoms with Crippen LogP contribution < -0.4 is 11.1 Å². The minimum absolute atomic E-state index is 0.111. The van der Waals surface area contributed by atoms with Crippen LogP contribution in [-0.4, -0.2) is 19.0 Å². The molecule has 1 aliphatic carbocycles. The van der Waals surface area contributed by atoms with E-state index < -0.39 is 0 Å². The number of methoxy groups -OCH3 is 1. The van der Waals surface area contributed by atoms with Crippen LogP contribution in [0.5, 0.6) is 0 Å². The number of ether oxygens (including phenoxy) is 1. The number of carbonyl (C=O) groups is 2. The van der Waals surface area contributed by atoms with Gasteiger partial charge in [0.05, 0.1) is 23.2 Å². The number of benzene rings is 2. The van der Waals surface area contributed by atoms with Gasteiger partial charge in [-0.05, 0) is 92.0 Å². The molecule has 3 N–H and O–H groups in total. The Hall–Kier alpha value is -3.12. The fourth-order valence-electron chi connectivity index (χ4n) is 4.29. The highest BCUT2D eigenvalue weighted by molar-refractivity contribution is 7.16. The smallest absolute Gasteiger partial charge is 0.337 e. The van der Waals surface area contributed by atoms with Gasteiger partial charge in [-0.25, -0.2) is 4.79 Å². The van der Waals surface area contributed by atoms with Crippen molar-refractivity contribution < 1.29 is 14.3 Å². The van der Waals surface area contributed by atoms with Crippen molar-refractivity contribution in [2.24, 2.45) is 0 Å². The lowest BCUT2D eigenvalue weighted by molar-refractivity contribution is 0.0600. The molecule has 0 saturated carbocycles. The first kappa shape index (κ1) is 22.1. The Labute approximate surface area is 192 Å². The van der Waals surface area contributed by atoms with Gasteiger partial charge in [0.2, 0.25) is 0 Å². The monoisotopic (exact) mass is 448 g/mol. The SMILES string of the molecule is COC(=O)c1ccc(CCc2ccc(NC(=O)c3c(N)sc4c3CCCC4)cc2C)cc1. The lowest BCUT2D eigenvalue weighted by Crippen LogP contribution is -2.16. The van der Waals surface area contributed by atoms with Gasteiger partial charge in [0.15, 0.2) is 0 Å². The summed E-state index contributed by atoms with van der Waals surface area (Å²) in [7, 11) is 1.38. The van der Waals surface area contributed by atoms with Gasteiger partial charge in [-0.1, -0.05) is 18.2 Å². The number of amides is 1. The van der Waals surface area contributed by atoms with Crippen LogP contribution in [0, 0.1) is 6.92 Å². The molecule has 0 saturated heterocycles. The van der Waals surface area contributed by atoms with Crippen molar-refractivity contribution in [1.82, 2.24) is 0 Å². The van der Waals surface area contributed by atoms with Gasteiger partial charge in [-0.3, -0.25) is 4.79 Å². The highest BCUT2D eigenvalue weighted by Crippen LogP contribution is 2.36. The van der Waals surface area contributed by atoms with E-state index in [1.54, 1.807) is 23.5 Å². The van der Waals surface area contributed by atoms with E-state index in [4.69, 9.17) is 10.5 Å². The summed E-state index contributed by atoms with van der Waals surface area (Å²) >= 11 is 1.56. The minimum atomic E-state index is -0.324. The van der Waals surface area contributed by atoms with Gasteiger partial charge in [-0.2, -0.15) is 0 Å². The molecule has 6 heteroatoms. The van der Waals surface area contributed by atoms with Crippen molar-refractivity contribution >= 4 is 33.9 Å². The second-order valence-corrected chi connectivity index (χ2v) is 9.37. The first-order valence-corrected chi connectivity index (χ1v) is 11.8. The van der Waals surface area contributed by atoms with E-state index in [-0.39, 0.29) is 11.9 Å². The summed E-state index contributed by atoms with van der Waals surface area (Å²) in [5.41, 5.74) is 12.9. The number of hydrogen-bond acceptors (Lipinski definition) is 5. The quantitative estimate of drug-likeness (QED) is 0.499. The van der Waals surface area contributed by atoms with E-state index in [2.05, 4.69) is 18.3 Å². The number of hydrogen-bond donors (Lipinski definition) is 2. The number of anilines is 2. The van der Waals surface area contributed by atoms with E-state index >= 15 is 0 Å². The fraction of sp³-hybridized carbons (Fsp3) is 0.308. The highest BCUT2D eigenvalue weighted by atomic mass is 32.1. The van der Waals surface area contributed by atoms with Crippen LogP contribution in [0.3, 0.4) is 0 Å². The molecule has 0 radical (unpaired) electrons. The Kier molecular flexibility index (Phi) is 6.61. The number of nitrogen functional groups attached to an aromatic ring is 1. The average Bonchev–Trinajstić information content (AvgIpc) is 3.14. The number of thiophene rings is 1. The molecule has 2 aromatic carbocycles. The first-order valence-electron chi connectivity index (χ1n) is 10.9. The Bertz CT molecular complexity index is 1150. The van der Waals surface area contributed by atoms with Crippen molar-refractivity contribution in [2.45, 2.75) is 45.4 Å². The third kappa shape index (κ3) is 4.70. The van der Waals surface area contributed by atoms with Gasteiger partial charge in [-0.15, -0.1) is 11.3 Å². The molecule has 0 bridgehead atoms. The zero-order valence-electron chi connectivity index (χ0n) is 18.5. The van der Waals surface area contributed by atoms with Crippen LogP contribution in [-0.2, 0) is 30.4 Å². The summed E-state index contributed by atoms with van der Waals surface area (Å²) in [5.74, 6) is -0.436. The predicted octanol–water partition coefficient (Wildman–Crippen LogP) is 5.34. The van der Waals surface area contributed by atoms with Crippen molar-refractivity contribution in [3.63, 3.8) is 0 Å². The molecule has 1 heterocycles. The number of nitrogens with two attached hydrogens (primary N) is 1. The zero-order valence-corrected chi connectivity index (χ0v) is 19.3. The number of aryl methyl sites for hydroxylation is 4. The number of nitrogens with one attached hydrogen (secondary N) is 1. The second kappa shape index (κ2) is 9.57. The summed E-state index contributed by atoms with van der Waals surface area (Å²) in [6, 6.07) is 13.5. The number of esters is 1. The molecule has 0 unspecified atom stereocenters. The summed E-state index contributed by atoms with van der Waals surface area (Å²) < 4.78 is 4.74. The first-order chi connectivity index (χ1) is 15.5. The van der Waals surface area contributed by atoms with Crippen LogP contribution in [0.25, 0.3) is 0 Å². The third-order valence-corrected chi connectivity index (χ3v) is 7.21. The minimum Gasteiger partial charge on any atom is -0.465 e. The average molecular weight is 449 g/mol. The van der Waals surface area contributed by atoms with Gasteiger partial charge >= 0.3 is 5.97 Å². The van der Waals surface area contributed by atoms with Crippen molar-refractivity contribution in [1.29, 1.82) is 0 Å². The van der Waals surface area contributed by atoms with Crippen molar-refractivity contribution in [2.75, 3.05) is 18.2 Å². The highest BCUT2D eigenvalue weighted by Gasteiger charge is 2.24. The van der Waals surface area contributed by atoms with Crippen LogP contribution in [0.4, 0.5) is 10.7 Å². The maximum absolute atomic E-state index is 13.0. The lowest BCUT2D eigenvalue weighted by Gasteiger charge is -2.14. The number of carbonyl (C=O) groups excluding carboxylic acids is 2. The molecule has 0 aliphatic heterocycles. The van der Waals surface area contributed by atoms with E-state index in [9.17, 15) is 9.59 Å². The van der Waals surface area contributed by atoms with Gasteiger partial charge < -0.3 is 15.8 Å². The summed E-state index contributed by atoms with van der Waals surface area (Å²) in [6.07, 6.45) is 5.99. The van der Waals surface area contributed by atoms with E-state index in [1.165, 1.54) is 24.0 Å². The van der Waals surface area contributed by atoms with E-state index in [0.717, 1.165) is 54.5 Å². The molecule has 0 atom stereocenters. The van der Waals surface area contributed by atoms with Crippen molar-refractivity contribution in [3.8, 4) is 0 Å². The lowest BCUT2D eigenvalue weighted by atomic mass is 9.95. The zero-order chi connectivity index (χ0) is 22.7. The predicted molar refractivity (Wildman–Crippen MR) is 130 cm³/mol. The maximum atomic E-state index is 13.0. The topological polar surface area (TPSA) is 81.4 Å². The normalized spacial score (nSPS) is 12.8. The molecule has 0 spiro atoms. The Morgan fingerprint density at radius 1 is 1.06 bits per heavy atom. The molecule has 32 heavy (non-hydrogen) atoms. The molecule has 1 amide bonds. The van der Waals surface area contributed by atoms with Gasteiger partial charge in [0.1, 0.15) is 0 Å². The molecule has 3 aromatic rings. The second-order valence-electron chi connectivity index (χ2n) is 8.23. The molecule has 1 aliphatic rings. The van der Waals surface area contributed by atoms with Crippen LogP contribution in [0.2, 0.25) is 0 Å². The van der Waals surface area contributed by atoms with Crippen molar-refractivity contribution in [3.05, 3.63) is 80.7 Å². The fourth-order valence-corrected chi connectivity index (χ4v) is 5.45.